The van der Waals surface area contributed by atoms with Gasteiger partial charge in [0.2, 0.25) is 0 Å². The molecule has 5 nitrogen and oxygen atoms in total. The van der Waals surface area contributed by atoms with E-state index in [1.165, 1.54) is 0 Å². The van der Waals surface area contributed by atoms with Gasteiger partial charge in [0.25, 0.3) is 5.56 Å². The second kappa shape index (κ2) is 10.1. The number of ether oxygens (including phenoxy) is 1. The summed E-state index contributed by atoms with van der Waals surface area (Å²) in [4.78, 5) is 15.3. The molecule has 0 amide bonds. The zero-order chi connectivity index (χ0) is 16.2. The third kappa shape index (κ3) is 4.73. The lowest BCUT2D eigenvalue weighted by Crippen LogP contribution is -2.22. The molecule has 3 rings (SSSR count). The number of halogens is 3. The summed E-state index contributed by atoms with van der Waals surface area (Å²) in [6.07, 6.45) is 2.71. The van der Waals surface area contributed by atoms with E-state index in [1.54, 1.807) is 7.11 Å². The SMILES string of the molecule is COc1cc(CNCCCCl)cc2[nH]c(=O)c3c(c12)NCCC3.Cl.Cl. The fourth-order valence-corrected chi connectivity index (χ4v) is 3.22. The van der Waals surface area contributed by atoms with E-state index in [-0.39, 0.29) is 30.4 Å². The second-order valence-corrected chi connectivity index (χ2v) is 6.16. The minimum absolute atomic E-state index is 0. The molecule has 2 aromatic rings. The standard InChI is InChI=1S/C17H22ClN3O2.2ClH/c1-23-14-9-11(10-19-6-3-5-18)8-13-15(14)16-12(17(22)21-13)4-2-7-20-16;;/h8-9,19-20H,2-7,10H2,1H3,(H,21,22);2*1H. The van der Waals surface area contributed by atoms with Crippen molar-refractivity contribution in [3.05, 3.63) is 33.6 Å². The van der Waals surface area contributed by atoms with E-state index < -0.39 is 0 Å². The summed E-state index contributed by atoms with van der Waals surface area (Å²) in [6.45, 7) is 2.47. The van der Waals surface area contributed by atoms with Crippen molar-refractivity contribution < 1.29 is 4.74 Å². The van der Waals surface area contributed by atoms with E-state index in [0.29, 0.717) is 5.88 Å². The molecule has 1 aromatic heterocycles. The van der Waals surface area contributed by atoms with Crippen molar-refractivity contribution in [3.8, 4) is 5.75 Å². The van der Waals surface area contributed by atoms with E-state index in [2.05, 4.69) is 15.6 Å². The average molecular weight is 409 g/mol. The van der Waals surface area contributed by atoms with Crippen LogP contribution in [0.2, 0.25) is 0 Å². The van der Waals surface area contributed by atoms with Crippen LogP contribution in [-0.2, 0) is 13.0 Å². The molecule has 3 N–H and O–H groups in total. The Bertz CT molecular complexity index is 765. The maximum Gasteiger partial charge on any atom is 0.253 e. The summed E-state index contributed by atoms with van der Waals surface area (Å²) >= 11 is 5.69. The predicted molar refractivity (Wildman–Crippen MR) is 109 cm³/mol. The molecule has 1 aliphatic heterocycles. The van der Waals surface area contributed by atoms with Crippen molar-refractivity contribution in [1.29, 1.82) is 0 Å². The van der Waals surface area contributed by atoms with Crippen LogP contribution in [0.3, 0.4) is 0 Å². The molecule has 140 valence electrons. The van der Waals surface area contributed by atoms with Crippen molar-refractivity contribution in [3.63, 3.8) is 0 Å². The van der Waals surface area contributed by atoms with Crippen molar-refractivity contribution in [2.24, 2.45) is 0 Å². The lowest BCUT2D eigenvalue weighted by atomic mass is 10.00. The molecule has 0 atom stereocenters. The first-order chi connectivity index (χ1) is 11.2. The topological polar surface area (TPSA) is 66.1 Å². The Morgan fingerprint density at radius 3 is 2.84 bits per heavy atom. The lowest BCUT2D eigenvalue weighted by molar-refractivity contribution is 0.419. The summed E-state index contributed by atoms with van der Waals surface area (Å²) in [5.74, 6) is 1.44. The fourth-order valence-electron chi connectivity index (χ4n) is 3.09. The van der Waals surface area contributed by atoms with Crippen molar-refractivity contribution in [2.45, 2.75) is 25.8 Å². The highest BCUT2D eigenvalue weighted by Gasteiger charge is 2.19. The van der Waals surface area contributed by atoms with Gasteiger partial charge in [-0.2, -0.15) is 0 Å². The number of alkyl halides is 1. The minimum atomic E-state index is -0.00555. The van der Waals surface area contributed by atoms with E-state index in [9.17, 15) is 4.79 Å². The number of nitrogens with one attached hydrogen (secondary N) is 3. The normalized spacial score (nSPS) is 12.6. The van der Waals surface area contributed by atoms with Gasteiger partial charge in [-0.1, -0.05) is 0 Å². The smallest absolute Gasteiger partial charge is 0.253 e. The highest BCUT2D eigenvalue weighted by Crippen LogP contribution is 2.35. The van der Waals surface area contributed by atoms with Crippen LogP contribution in [0.15, 0.2) is 16.9 Å². The number of aromatic amines is 1. The molecule has 0 radical (unpaired) electrons. The van der Waals surface area contributed by atoms with E-state index in [1.807, 2.05) is 12.1 Å². The second-order valence-electron chi connectivity index (χ2n) is 5.78. The van der Waals surface area contributed by atoms with Gasteiger partial charge in [-0.05, 0) is 43.5 Å². The van der Waals surface area contributed by atoms with E-state index in [4.69, 9.17) is 16.3 Å². The summed E-state index contributed by atoms with van der Waals surface area (Å²) in [7, 11) is 1.67. The fraction of sp³-hybridized carbons (Fsp3) is 0.471. The predicted octanol–water partition coefficient (Wildman–Crippen LogP) is 3.46. The van der Waals surface area contributed by atoms with Crippen LogP contribution in [0.4, 0.5) is 5.69 Å². The molecular formula is C17H24Cl3N3O2. The molecule has 1 aliphatic rings. The number of anilines is 1. The number of rotatable bonds is 6. The van der Waals surface area contributed by atoms with Gasteiger partial charge in [0.05, 0.1) is 23.7 Å². The molecule has 2 heterocycles. The Balaban J connectivity index is 0.00000156. The summed E-state index contributed by atoms with van der Waals surface area (Å²) in [6, 6.07) is 4.05. The van der Waals surface area contributed by atoms with Crippen molar-refractivity contribution >= 4 is 53.0 Å². The van der Waals surface area contributed by atoms with Gasteiger partial charge in [-0.15, -0.1) is 36.4 Å². The highest BCUT2D eigenvalue weighted by atomic mass is 35.5. The van der Waals surface area contributed by atoms with Crippen LogP contribution >= 0.6 is 36.4 Å². The van der Waals surface area contributed by atoms with Crippen LogP contribution < -0.4 is 20.9 Å². The van der Waals surface area contributed by atoms with Crippen molar-refractivity contribution in [2.75, 3.05) is 31.4 Å². The van der Waals surface area contributed by atoms with Crippen LogP contribution in [-0.4, -0.2) is 31.1 Å². The van der Waals surface area contributed by atoms with Crippen LogP contribution in [0, 0.1) is 0 Å². The molecule has 0 saturated carbocycles. The minimum Gasteiger partial charge on any atom is -0.496 e. The number of aromatic nitrogens is 1. The van der Waals surface area contributed by atoms with Crippen molar-refractivity contribution in [1.82, 2.24) is 10.3 Å². The van der Waals surface area contributed by atoms with Gasteiger partial charge in [-0.25, -0.2) is 0 Å². The monoisotopic (exact) mass is 407 g/mol. The maximum absolute atomic E-state index is 12.3. The Morgan fingerprint density at radius 2 is 2.12 bits per heavy atom. The zero-order valence-corrected chi connectivity index (χ0v) is 16.5. The van der Waals surface area contributed by atoms with Gasteiger partial charge < -0.3 is 20.4 Å². The van der Waals surface area contributed by atoms with Gasteiger partial charge >= 0.3 is 0 Å². The number of methoxy groups -OCH3 is 1. The van der Waals surface area contributed by atoms with E-state index >= 15 is 0 Å². The first-order valence-corrected chi connectivity index (χ1v) is 8.54. The first-order valence-electron chi connectivity index (χ1n) is 8.01. The molecular weight excluding hydrogens is 385 g/mol. The van der Waals surface area contributed by atoms with E-state index in [0.717, 1.165) is 72.4 Å². The summed E-state index contributed by atoms with van der Waals surface area (Å²) < 4.78 is 5.59. The molecule has 0 aliphatic carbocycles. The van der Waals surface area contributed by atoms with Gasteiger partial charge in [0, 0.05) is 24.5 Å². The Labute approximate surface area is 164 Å². The largest absolute Gasteiger partial charge is 0.496 e. The summed E-state index contributed by atoms with van der Waals surface area (Å²) in [5.41, 5.74) is 3.64. The molecule has 25 heavy (non-hydrogen) atoms. The third-order valence-corrected chi connectivity index (χ3v) is 4.44. The average Bonchev–Trinajstić information content (AvgIpc) is 2.58. The van der Waals surface area contributed by atoms with Gasteiger partial charge in [0.15, 0.2) is 0 Å². The zero-order valence-electron chi connectivity index (χ0n) is 14.1. The van der Waals surface area contributed by atoms with Gasteiger partial charge in [0.1, 0.15) is 5.75 Å². The molecule has 0 fully saturated rings. The van der Waals surface area contributed by atoms with Crippen LogP contribution in [0.1, 0.15) is 24.0 Å². The Hall–Kier alpha value is -1.14. The molecule has 1 aromatic carbocycles. The highest BCUT2D eigenvalue weighted by molar-refractivity contribution is 6.17. The number of pyridine rings is 1. The number of hydrogen-bond donors (Lipinski definition) is 3. The third-order valence-electron chi connectivity index (χ3n) is 4.18. The number of hydrogen-bond acceptors (Lipinski definition) is 4. The molecule has 0 saturated heterocycles. The molecule has 0 bridgehead atoms. The van der Waals surface area contributed by atoms with Crippen LogP contribution in [0.25, 0.3) is 10.9 Å². The Morgan fingerprint density at radius 1 is 1.32 bits per heavy atom. The molecule has 8 heteroatoms. The van der Waals surface area contributed by atoms with Crippen LogP contribution in [0.5, 0.6) is 5.75 Å². The van der Waals surface area contributed by atoms with Gasteiger partial charge in [-0.3, -0.25) is 4.79 Å². The molecule has 0 spiro atoms. The number of fused-ring (bicyclic) bond motifs is 3. The Kier molecular flexibility index (Phi) is 8.86. The number of H-pyrrole nitrogens is 1. The summed E-state index contributed by atoms with van der Waals surface area (Å²) in [5, 5.41) is 7.68. The lowest BCUT2D eigenvalue weighted by Gasteiger charge is -2.21. The quantitative estimate of drug-likeness (QED) is 0.506. The molecule has 0 unspecified atom stereocenters. The maximum atomic E-state index is 12.3. The first kappa shape index (κ1) is 21.9. The number of benzene rings is 1.